The Kier molecular flexibility index (Phi) is 5.97. The molecular formula is C49H28N4S. The van der Waals surface area contributed by atoms with Crippen LogP contribution in [0.4, 0.5) is 0 Å². The maximum absolute atomic E-state index is 11.2. The Morgan fingerprint density at radius 1 is 0.352 bits per heavy atom. The molecule has 0 saturated carbocycles. The molecule has 0 N–H and O–H groups in total. The smallest absolute Gasteiger partial charge is 0.104 e. The molecule has 4 heterocycles. The van der Waals surface area contributed by atoms with Crippen LogP contribution in [0.3, 0.4) is 0 Å². The molecule has 12 aromatic rings. The monoisotopic (exact) mass is 704 g/mol. The van der Waals surface area contributed by atoms with Crippen LogP contribution in [0.2, 0.25) is 0 Å². The van der Waals surface area contributed by atoms with Crippen LogP contribution in [0, 0.1) is 11.3 Å². The zero-order chi connectivity index (χ0) is 35.5. The van der Waals surface area contributed by atoms with Crippen molar-refractivity contribution in [2.75, 3.05) is 0 Å². The first kappa shape index (κ1) is 29.4. The van der Waals surface area contributed by atoms with Crippen LogP contribution < -0.4 is 0 Å². The molecule has 5 heteroatoms. The lowest BCUT2D eigenvalue weighted by Crippen LogP contribution is -2.04. The molecule has 12 rings (SSSR count). The van der Waals surface area contributed by atoms with E-state index >= 15 is 0 Å². The van der Waals surface area contributed by atoms with Gasteiger partial charge in [-0.05, 0) is 72.8 Å². The minimum Gasteiger partial charge on any atom is -0.309 e. The number of hydrogen-bond donors (Lipinski definition) is 0. The molecule has 0 unspecified atom stereocenters. The summed E-state index contributed by atoms with van der Waals surface area (Å²) in [6.45, 7) is 0. The van der Waals surface area contributed by atoms with Gasteiger partial charge >= 0.3 is 0 Å². The second kappa shape index (κ2) is 10.9. The Balaban J connectivity index is 1.19. The number of para-hydroxylation sites is 4. The van der Waals surface area contributed by atoms with Gasteiger partial charge in [-0.2, -0.15) is 5.26 Å². The molecule has 0 aliphatic heterocycles. The maximum atomic E-state index is 11.2. The Labute approximate surface area is 313 Å². The van der Waals surface area contributed by atoms with Crippen LogP contribution in [-0.4, -0.2) is 13.7 Å². The van der Waals surface area contributed by atoms with E-state index in [1.54, 1.807) is 0 Å². The lowest BCUT2D eigenvalue weighted by molar-refractivity contribution is 1.12. The van der Waals surface area contributed by atoms with Gasteiger partial charge in [0.1, 0.15) is 11.6 Å². The van der Waals surface area contributed by atoms with E-state index < -0.39 is 0 Å². The fourth-order valence-corrected chi connectivity index (χ4v) is 10.3. The van der Waals surface area contributed by atoms with Crippen molar-refractivity contribution in [1.29, 1.82) is 5.26 Å². The predicted octanol–water partition coefficient (Wildman–Crippen LogP) is 13.2. The van der Waals surface area contributed by atoms with Crippen molar-refractivity contribution in [3.8, 4) is 23.1 Å². The molecule has 4 nitrogen and oxygen atoms in total. The van der Waals surface area contributed by atoms with E-state index in [0.29, 0.717) is 5.56 Å². The summed E-state index contributed by atoms with van der Waals surface area (Å²) in [5, 5.41) is 21.0. The normalized spacial score (nSPS) is 12.1. The minimum atomic E-state index is 0.630. The van der Waals surface area contributed by atoms with Crippen molar-refractivity contribution in [3.05, 3.63) is 175 Å². The van der Waals surface area contributed by atoms with Crippen LogP contribution >= 0.6 is 11.3 Å². The van der Waals surface area contributed by atoms with Gasteiger partial charge in [-0.3, -0.25) is 0 Å². The number of nitriles is 1. The summed E-state index contributed by atoms with van der Waals surface area (Å²) in [5.41, 5.74) is 10.1. The van der Waals surface area contributed by atoms with Gasteiger partial charge in [-0.25, -0.2) is 0 Å². The van der Waals surface area contributed by atoms with Gasteiger partial charge < -0.3 is 13.7 Å². The third-order valence-electron chi connectivity index (χ3n) is 11.3. The summed E-state index contributed by atoms with van der Waals surface area (Å²) in [7, 11) is 0. The highest BCUT2D eigenvalue weighted by atomic mass is 32.1. The van der Waals surface area contributed by atoms with E-state index in [1.807, 2.05) is 11.3 Å². The van der Waals surface area contributed by atoms with Crippen LogP contribution in [-0.2, 0) is 0 Å². The van der Waals surface area contributed by atoms with Gasteiger partial charge in [-0.1, -0.05) is 97.1 Å². The van der Waals surface area contributed by atoms with E-state index in [4.69, 9.17) is 0 Å². The maximum Gasteiger partial charge on any atom is 0.104 e. The summed E-state index contributed by atoms with van der Waals surface area (Å²) < 4.78 is 9.53. The Morgan fingerprint density at radius 2 is 0.815 bits per heavy atom. The standard InChI is InChI=1S/C49H28N4S/c50-29-35-39(22-12-23-40(35)53-38-21-10-6-17-33(38)48-43(53)27-28-45-49(48)34-18-7-11-24-44(34)54-45)52-37-20-9-5-16-32(37)47-42(52)26-25-41-46(47)31-15-4-8-19-36(31)51(41)30-13-2-1-3-14-30/h1-28H. The SMILES string of the molecule is N#Cc1c(-n2c3ccccc3c3c4c(ccc32)sc2ccccc24)cccc1-n1c2ccccc2c2c3c4ccccc4n(-c4ccccc4)c3ccc21. The van der Waals surface area contributed by atoms with E-state index in [-0.39, 0.29) is 0 Å². The first-order valence-electron chi connectivity index (χ1n) is 18.2. The molecule has 0 bridgehead atoms. The number of thiophene rings is 1. The highest BCUT2D eigenvalue weighted by Crippen LogP contribution is 2.46. The van der Waals surface area contributed by atoms with Gasteiger partial charge in [0.05, 0.1) is 44.5 Å². The van der Waals surface area contributed by atoms with Crippen molar-refractivity contribution in [3.63, 3.8) is 0 Å². The van der Waals surface area contributed by atoms with Crippen molar-refractivity contribution in [2.45, 2.75) is 0 Å². The molecule has 0 aliphatic rings. The van der Waals surface area contributed by atoms with Crippen LogP contribution in [0.1, 0.15) is 5.56 Å². The van der Waals surface area contributed by atoms with Crippen molar-refractivity contribution < 1.29 is 0 Å². The van der Waals surface area contributed by atoms with Crippen LogP contribution in [0.25, 0.3) is 103 Å². The van der Waals surface area contributed by atoms with E-state index in [0.717, 1.165) is 50.0 Å². The van der Waals surface area contributed by atoms with E-state index in [2.05, 4.69) is 190 Å². The summed E-state index contributed by atoms with van der Waals surface area (Å²) >= 11 is 1.84. The highest BCUT2D eigenvalue weighted by molar-refractivity contribution is 7.26. The lowest BCUT2D eigenvalue weighted by atomic mass is 10.1. The molecule has 0 spiro atoms. The van der Waals surface area contributed by atoms with Crippen molar-refractivity contribution in [1.82, 2.24) is 13.7 Å². The molecule has 54 heavy (non-hydrogen) atoms. The Hall–Kier alpha value is -7.13. The second-order valence-electron chi connectivity index (χ2n) is 14.0. The molecule has 0 atom stereocenters. The first-order valence-corrected chi connectivity index (χ1v) is 19.0. The third-order valence-corrected chi connectivity index (χ3v) is 12.4. The van der Waals surface area contributed by atoms with Gasteiger partial charge in [0, 0.05) is 58.2 Å². The quantitative estimate of drug-likeness (QED) is 0.180. The van der Waals surface area contributed by atoms with Gasteiger partial charge in [0.2, 0.25) is 0 Å². The number of nitrogens with zero attached hydrogens (tertiary/aromatic N) is 4. The molecule has 8 aromatic carbocycles. The molecule has 250 valence electrons. The lowest BCUT2D eigenvalue weighted by Gasteiger charge is -2.16. The van der Waals surface area contributed by atoms with Gasteiger partial charge in [0.25, 0.3) is 0 Å². The molecular weight excluding hydrogens is 677 g/mol. The molecule has 0 radical (unpaired) electrons. The van der Waals surface area contributed by atoms with Crippen LogP contribution in [0.15, 0.2) is 170 Å². The average Bonchev–Trinajstić information content (AvgIpc) is 3.97. The topological polar surface area (TPSA) is 38.6 Å². The van der Waals surface area contributed by atoms with Crippen molar-refractivity contribution >= 4 is 96.9 Å². The zero-order valence-corrected chi connectivity index (χ0v) is 29.7. The third kappa shape index (κ3) is 3.79. The summed E-state index contributed by atoms with van der Waals surface area (Å²) in [5.74, 6) is 0. The Bertz CT molecular complexity index is 3570. The molecule has 0 fully saturated rings. The molecule has 0 saturated heterocycles. The fraction of sp³-hybridized carbons (Fsp3) is 0. The fourth-order valence-electron chi connectivity index (χ4n) is 9.18. The minimum absolute atomic E-state index is 0.630. The number of aromatic nitrogens is 3. The van der Waals surface area contributed by atoms with Gasteiger partial charge in [0.15, 0.2) is 0 Å². The summed E-state index contributed by atoms with van der Waals surface area (Å²) in [6.07, 6.45) is 0. The van der Waals surface area contributed by atoms with E-state index in [1.165, 1.54) is 52.6 Å². The number of hydrogen-bond acceptors (Lipinski definition) is 2. The largest absolute Gasteiger partial charge is 0.309 e. The van der Waals surface area contributed by atoms with Gasteiger partial charge in [-0.15, -0.1) is 11.3 Å². The van der Waals surface area contributed by atoms with E-state index in [9.17, 15) is 5.26 Å². The van der Waals surface area contributed by atoms with Crippen LogP contribution in [0.5, 0.6) is 0 Å². The van der Waals surface area contributed by atoms with Crippen molar-refractivity contribution in [2.24, 2.45) is 0 Å². The zero-order valence-electron chi connectivity index (χ0n) is 28.9. The number of benzene rings is 8. The summed E-state index contributed by atoms with van der Waals surface area (Å²) in [6, 6.07) is 63.2. The second-order valence-corrected chi connectivity index (χ2v) is 15.0. The summed E-state index contributed by atoms with van der Waals surface area (Å²) in [4.78, 5) is 0. The molecule has 4 aromatic heterocycles. The Morgan fingerprint density at radius 3 is 1.41 bits per heavy atom. The number of fused-ring (bicyclic) bond motifs is 14. The molecule has 0 aliphatic carbocycles. The highest BCUT2D eigenvalue weighted by Gasteiger charge is 2.24. The first-order chi connectivity index (χ1) is 26.8. The number of rotatable bonds is 3. The molecule has 0 amide bonds. The average molecular weight is 705 g/mol. The predicted molar refractivity (Wildman–Crippen MR) is 227 cm³/mol.